The number of hydrogen-bond acceptors (Lipinski definition) is 3. The van der Waals surface area contributed by atoms with Crippen molar-refractivity contribution in [1.29, 1.82) is 0 Å². The van der Waals surface area contributed by atoms with E-state index in [1.165, 1.54) is 0 Å². The first-order valence-corrected chi connectivity index (χ1v) is 6.44. The van der Waals surface area contributed by atoms with Crippen molar-refractivity contribution in [3.8, 4) is 5.75 Å². The van der Waals surface area contributed by atoms with Gasteiger partial charge in [-0.05, 0) is 24.6 Å². The highest BCUT2D eigenvalue weighted by molar-refractivity contribution is 6.34. The van der Waals surface area contributed by atoms with E-state index in [0.29, 0.717) is 22.9 Å². The van der Waals surface area contributed by atoms with E-state index in [0.717, 1.165) is 11.1 Å². The number of hydrogen-bond donors (Lipinski definition) is 2. The van der Waals surface area contributed by atoms with Gasteiger partial charge in [-0.25, -0.2) is 0 Å². The van der Waals surface area contributed by atoms with E-state index in [9.17, 15) is 0 Å². The second kappa shape index (κ2) is 6.30. The third kappa shape index (κ3) is 3.22. The quantitative estimate of drug-likeness (QED) is 0.393. The average molecular weight is 291 g/mol. The Kier molecular flexibility index (Phi) is 4.48. The zero-order valence-electron chi connectivity index (χ0n) is 11.0. The van der Waals surface area contributed by atoms with Gasteiger partial charge in [0.15, 0.2) is 5.84 Å². The standard InChI is InChI=1S/C15H15ClN2O2/c1-10-4-2-5-11(8-10)9-20-13-7-3-6-12(16)14(13)15(17)18-19/h2-8,19H,9H2,1H3,(H2,17,18). The number of rotatable bonds is 4. The van der Waals surface area contributed by atoms with Gasteiger partial charge in [-0.15, -0.1) is 0 Å². The summed E-state index contributed by atoms with van der Waals surface area (Å²) in [5.74, 6) is 0.407. The summed E-state index contributed by atoms with van der Waals surface area (Å²) in [4.78, 5) is 0. The normalized spacial score (nSPS) is 11.4. The highest BCUT2D eigenvalue weighted by Gasteiger charge is 2.12. The number of nitrogens with zero attached hydrogens (tertiary/aromatic N) is 1. The van der Waals surface area contributed by atoms with Crippen LogP contribution >= 0.6 is 11.6 Å². The second-order valence-corrected chi connectivity index (χ2v) is 4.78. The number of nitrogens with two attached hydrogens (primary N) is 1. The highest BCUT2D eigenvalue weighted by atomic mass is 35.5. The molecule has 0 heterocycles. The van der Waals surface area contributed by atoms with Crippen LogP contribution in [0.5, 0.6) is 5.75 Å². The first kappa shape index (κ1) is 14.2. The molecule has 0 spiro atoms. The molecule has 2 aromatic carbocycles. The van der Waals surface area contributed by atoms with Gasteiger partial charge >= 0.3 is 0 Å². The van der Waals surface area contributed by atoms with Gasteiger partial charge in [-0.2, -0.15) is 0 Å². The van der Waals surface area contributed by atoms with Crippen molar-refractivity contribution in [1.82, 2.24) is 0 Å². The van der Waals surface area contributed by atoms with Crippen molar-refractivity contribution >= 4 is 17.4 Å². The number of benzene rings is 2. The fraction of sp³-hybridized carbons (Fsp3) is 0.133. The molecule has 2 rings (SSSR count). The van der Waals surface area contributed by atoms with Crippen LogP contribution in [0.25, 0.3) is 0 Å². The molecule has 0 fully saturated rings. The third-order valence-corrected chi connectivity index (χ3v) is 3.13. The van der Waals surface area contributed by atoms with Crippen LogP contribution in [0.2, 0.25) is 5.02 Å². The van der Waals surface area contributed by atoms with Crippen molar-refractivity contribution in [2.75, 3.05) is 0 Å². The van der Waals surface area contributed by atoms with Gasteiger partial charge in [0, 0.05) is 0 Å². The Morgan fingerprint density at radius 3 is 2.75 bits per heavy atom. The molecule has 0 saturated carbocycles. The monoisotopic (exact) mass is 290 g/mol. The van der Waals surface area contributed by atoms with E-state index in [-0.39, 0.29) is 5.84 Å². The molecule has 5 heteroatoms. The molecule has 0 amide bonds. The topological polar surface area (TPSA) is 67.8 Å². The molecule has 0 atom stereocenters. The van der Waals surface area contributed by atoms with Gasteiger partial charge in [0.25, 0.3) is 0 Å². The maximum atomic E-state index is 8.81. The SMILES string of the molecule is Cc1cccc(COc2cccc(Cl)c2/C(N)=N/O)c1. The molecule has 0 unspecified atom stereocenters. The van der Waals surface area contributed by atoms with Gasteiger partial charge in [0.1, 0.15) is 12.4 Å². The summed E-state index contributed by atoms with van der Waals surface area (Å²) < 4.78 is 5.73. The first-order chi connectivity index (χ1) is 9.61. The lowest BCUT2D eigenvalue weighted by Crippen LogP contribution is -2.15. The first-order valence-electron chi connectivity index (χ1n) is 6.06. The predicted molar refractivity (Wildman–Crippen MR) is 79.5 cm³/mol. The zero-order chi connectivity index (χ0) is 14.5. The van der Waals surface area contributed by atoms with Crippen LogP contribution in [0.15, 0.2) is 47.6 Å². The van der Waals surface area contributed by atoms with Gasteiger partial charge in [0.2, 0.25) is 0 Å². The lowest BCUT2D eigenvalue weighted by Gasteiger charge is -2.12. The van der Waals surface area contributed by atoms with E-state index in [1.54, 1.807) is 18.2 Å². The van der Waals surface area contributed by atoms with Crippen molar-refractivity contribution in [3.63, 3.8) is 0 Å². The van der Waals surface area contributed by atoms with Crippen LogP contribution in [0, 0.1) is 6.92 Å². The average Bonchev–Trinajstić information content (AvgIpc) is 2.44. The summed E-state index contributed by atoms with van der Waals surface area (Å²) in [7, 11) is 0. The predicted octanol–water partition coefficient (Wildman–Crippen LogP) is 3.32. The number of oxime groups is 1. The molecule has 0 bridgehead atoms. The Morgan fingerprint density at radius 2 is 2.05 bits per heavy atom. The Balaban J connectivity index is 2.24. The van der Waals surface area contributed by atoms with Crippen molar-refractivity contribution in [2.24, 2.45) is 10.9 Å². The van der Waals surface area contributed by atoms with E-state index in [1.807, 2.05) is 31.2 Å². The molecule has 0 saturated heterocycles. The lowest BCUT2D eigenvalue weighted by molar-refractivity contribution is 0.303. The Labute approximate surface area is 122 Å². The Bertz CT molecular complexity index is 642. The Morgan fingerprint density at radius 1 is 1.30 bits per heavy atom. The molecule has 0 aliphatic heterocycles. The van der Waals surface area contributed by atoms with E-state index in [4.69, 9.17) is 27.3 Å². The molecule has 2 aromatic rings. The van der Waals surface area contributed by atoms with Crippen LogP contribution in [-0.2, 0) is 6.61 Å². The molecule has 0 radical (unpaired) electrons. The van der Waals surface area contributed by atoms with Crippen LogP contribution in [0.4, 0.5) is 0 Å². The van der Waals surface area contributed by atoms with Crippen molar-refractivity contribution in [3.05, 3.63) is 64.2 Å². The molecule has 0 aromatic heterocycles. The van der Waals surface area contributed by atoms with Gasteiger partial charge < -0.3 is 15.7 Å². The summed E-state index contributed by atoms with van der Waals surface area (Å²) in [5, 5.41) is 12.2. The van der Waals surface area contributed by atoms with Crippen LogP contribution in [0.3, 0.4) is 0 Å². The molecular formula is C15H15ClN2O2. The Hall–Kier alpha value is -2.20. The number of ether oxygens (including phenoxy) is 1. The van der Waals surface area contributed by atoms with Gasteiger partial charge in [-0.1, -0.05) is 52.7 Å². The largest absolute Gasteiger partial charge is 0.488 e. The molecule has 104 valence electrons. The van der Waals surface area contributed by atoms with Crippen molar-refractivity contribution in [2.45, 2.75) is 13.5 Å². The molecule has 0 aliphatic rings. The van der Waals surface area contributed by atoms with E-state index < -0.39 is 0 Å². The van der Waals surface area contributed by atoms with E-state index >= 15 is 0 Å². The maximum Gasteiger partial charge on any atom is 0.175 e. The fourth-order valence-corrected chi connectivity index (χ4v) is 2.15. The third-order valence-electron chi connectivity index (χ3n) is 2.82. The molecule has 4 nitrogen and oxygen atoms in total. The van der Waals surface area contributed by atoms with Crippen LogP contribution < -0.4 is 10.5 Å². The molecular weight excluding hydrogens is 276 g/mol. The van der Waals surface area contributed by atoms with Crippen LogP contribution in [-0.4, -0.2) is 11.0 Å². The van der Waals surface area contributed by atoms with Gasteiger partial charge in [0.05, 0.1) is 10.6 Å². The number of amidine groups is 1. The maximum absolute atomic E-state index is 8.81. The molecule has 20 heavy (non-hydrogen) atoms. The lowest BCUT2D eigenvalue weighted by atomic mass is 10.1. The smallest absolute Gasteiger partial charge is 0.175 e. The summed E-state index contributed by atoms with van der Waals surface area (Å²) in [6, 6.07) is 13.1. The summed E-state index contributed by atoms with van der Waals surface area (Å²) >= 11 is 6.06. The summed E-state index contributed by atoms with van der Waals surface area (Å²) in [6.07, 6.45) is 0. The number of halogens is 1. The molecule has 0 aliphatic carbocycles. The summed E-state index contributed by atoms with van der Waals surface area (Å²) in [5.41, 5.74) is 8.22. The minimum absolute atomic E-state index is 0.0742. The van der Waals surface area contributed by atoms with Crippen LogP contribution in [0.1, 0.15) is 16.7 Å². The summed E-state index contributed by atoms with van der Waals surface area (Å²) in [6.45, 7) is 2.40. The minimum atomic E-state index is -0.0742. The number of aryl methyl sites for hydroxylation is 1. The van der Waals surface area contributed by atoms with E-state index in [2.05, 4.69) is 5.16 Å². The highest BCUT2D eigenvalue weighted by Crippen LogP contribution is 2.27. The van der Waals surface area contributed by atoms with Crippen molar-refractivity contribution < 1.29 is 9.94 Å². The fourth-order valence-electron chi connectivity index (χ4n) is 1.89. The molecule has 3 N–H and O–H groups in total. The zero-order valence-corrected chi connectivity index (χ0v) is 11.8. The second-order valence-electron chi connectivity index (χ2n) is 4.38. The van der Waals surface area contributed by atoms with Gasteiger partial charge in [-0.3, -0.25) is 0 Å². The minimum Gasteiger partial charge on any atom is -0.488 e.